The van der Waals surface area contributed by atoms with E-state index in [0.29, 0.717) is 5.92 Å². The first-order valence-corrected chi connectivity index (χ1v) is 8.64. The van der Waals surface area contributed by atoms with Crippen LogP contribution in [-0.4, -0.2) is 26.7 Å². The van der Waals surface area contributed by atoms with Crippen molar-refractivity contribution in [2.45, 2.75) is 26.3 Å². The Morgan fingerprint density at radius 1 is 1.25 bits per heavy atom. The number of para-hydroxylation sites is 1. The Morgan fingerprint density at radius 3 is 2.62 bits per heavy atom. The van der Waals surface area contributed by atoms with E-state index in [-0.39, 0.29) is 24.0 Å². The summed E-state index contributed by atoms with van der Waals surface area (Å²) in [6.07, 6.45) is 0. The second-order valence-corrected chi connectivity index (χ2v) is 6.48. The number of nitrogens with zero attached hydrogens (tertiary/aromatic N) is 1. The number of guanidine groups is 1. The van der Waals surface area contributed by atoms with Crippen LogP contribution in [0, 0.1) is 6.92 Å². The number of halogens is 1. The van der Waals surface area contributed by atoms with Gasteiger partial charge in [-0.15, -0.1) is 35.3 Å². The Morgan fingerprint density at radius 2 is 2.00 bits per heavy atom. The first-order chi connectivity index (χ1) is 11.2. The van der Waals surface area contributed by atoms with Crippen molar-refractivity contribution in [3.05, 3.63) is 51.7 Å². The molecule has 1 aromatic carbocycles. The maximum absolute atomic E-state index is 5.44. The van der Waals surface area contributed by atoms with E-state index in [0.717, 1.165) is 24.8 Å². The second kappa shape index (κ2) is 10.6. The van der Waals surface area contributed by atoms with Gasteiger partial charge in [0.05, 0.1) is 13.7 Å². The predicted molar refractivity (Wildman–Crippen MR) is 114 cm³/mol. The average molecular weight is 459 g/mol. The summed E-state index contributed by atoms with van der Waals surface area (Å²) in [5.74, 6) is 2.08. The minimum Gasteiger partial charge on any atom is -0.496 e. The van der Waals surface area contributed by atoms with Crippen molar-refractivity contribution in [3.63, 3.8) is 0 Å². The van der Waals surface area contributed by atoms with Crippen LogP contribution in [-0.2, 0) is 6.54 Å². The van der Waals surface area contributed by atoms with Crippen LogP contribution in [0.2, 0.25) is 0 Å². The lowest BCUT2D eigenvalue weighted by molar-refractivity contribution is 0.406. The van der Waals surface area contributed by atoms with Crippen molar-refractivity contribution < 1.29 is 4.74 Å². The van der Waals surface area contributed by atoms with E-state index in [1.165, 1.54) is 16.0 Å². The van der Waals surface area contributed by atoms with Crippen molar-refractivity contribution in [1.82, 2.24) is 10.6 Å². The number of rotatable bonds is 6. The normalized spacial score (nSPS) is 12.2. The number of benzene rings is 1. The number of hydrogen-bond acceptors (Lipinski definition) is 3. The monoisotopic (exact) mass is 459 g/mol. The molecule has 0 aliphatic carbocycles. The molecule has 1 heterocycles. The highest BCUT2D eigenvalue weighted by Gasteiger charge is 2.11. The van der Waals surface area contributed by atoms with Gasteiger partial charge in [-0.2, -0.15) is 0 Å². The molecule has 0 spiro atoms. The number of aliphatic imine (C=N–C) groups is 1. The van der Waals surface area contributed by atoms with Gasteiger partial charge in [0.1, 0.15) is 5.75 Å². The van der Waals surface area contributed by atoms with Crippen LogP contribution in [0.3, 0.4) is 0 Å². The van der Waals surface area contributed by atoms with Crippen molar-refractivity contribution in [2.24, 2.45) is 4.99 Å². The summed E-state index contributed by atoms with van der Waals surface area (Å²) in [6, 6.07) is 10.3. The molecule has 0 radical (unpaired) electrons. The van der Waals surface area contributed by atoms with E-state index in [4.69, 9.17) is 4.74 Å². The van der Waals surface area contributed by atoms with Gasteiger partial charge in [0.2, 0.25) is 0 Å². The van der Waals surface area contributed by atoms with E-state index >= 15 is 0 Å². The lowest BCUT2D eigenvalue weighted by Crippen LogP contribution is -2.38. The Kier molecular flexibility index (Phi) is 9.13. The Hall–Kier alpha value is -1.28. The topological polar surface area (TPSA) is 45.7 Å². The number of aryl methyl sites for hydroxylation is 1. The van der Waals surface area contributed by atoms with Gasteiger partial charge in [-0.25, -0.2) is 0 Å². The number of ether oxygens (including phenoxy) is 1. The number of hydrogen-bond donors (Lipinski definition) is 2. The van der Waals surface area contributed by atoms with Gasteiger partial charge in [0.25, 0.3) is 0 Å². The number of thiophene rings is 1. The van der Waals surface area contributed by atoms with Gasteiger partial charge in [-0.05, 0) is 35.6 Å². The molecule has 0 saturated heterocycles. The molecule has 0 saturated carbocycles. The van der Waals surface area contributed by atoms with Gasteiger partial charge < -0.3 is 15.4 Å². The molecule has 2 rings (SSSR count). The zero-order valence-corrected chi connectivity index (χ0v) is 17.8. The molecule has 1 atom stereocenters. The quantitative estimate of drug-likeness (QED) is 0.388. The first kappa shape index (κ1) is 20.8. The molecular weight excluding hydrogens is 433 g/mol. The molecule has 0 bridgehead atoms. The molecular formula is C18H26IN3OS. The molecule has 4 nitrogen and oxygen atoms in total. The zero-order chi connectivity index (χ0) is 16.7. The van der Waals surface area contributed by atoms with Gasteiger partial charge in [0.15, 0.2) is 5.96 Å². The van der Waals surface area contributed by atoms with E-state index in [2.05, 4.69) is 47.0 Å². The molecule has 0 amide bonds. The Bertz CT molecular complexity index is 657. The third-order valence-electron chi connectivity index (χ3n) is 3.85. The minimum absolute atomic E-state index is 0. The van der Waals surface area contributed by atoms with Gasteiger partial charge in [0, 0.05) is 24.4 Å². The lowest BCUT2D eigenvalue weighted by Gasteiger charge is -2.18. The second-order valence-electron chi connectivity index (χ2n) is 5.48. The third-order valence-corrected chi connectivity index (χ3v) is 4.88. The van der Waals surface area contributed by atoms with Crippen molar-refractivity contribution in [1.29, 1.82) is 0 Å². The van der Waals surface area contributed by atoms with Crippen LogP contribution in [0.15, 0.2) is 40.7 Å². The third kappa shape index (κ3) is 5.66. The molecule has 1 aromatic heterocycles. The molecule has 0 fully saturated rings. The summed E-state index contributed by atoms with van der Waals surface area (Å²) in [5, 5.41) is 8.87. The van der Waals surface area contributed by atoms with Crippen LogP contribution < -0.4 is 15.4 Å². The molecule has 0 aliphatic heterocycles. The maximum atomic E-state index is 5.44. The van der Waals surface area contributed by atoms with Crippen LogP contribution in [0.5, 0.6) is 5.75 Å². The van der Waals surface area contributed by atoms with Gasteiger partial charge in [-0.1, -0.05) is 25.1 Å². The Labute approximate surface area is 165 Å². The molecule has 1 unspecified atom stereocenters. The van der Waals surface area contributed by atoms with Crippen LogP contribution >= 0.6 is 35.3 Å². The van der Waals surface area contributed by atoms with Crippen LogP contribution in [0.25, 0.3) is 0 Å². The van der Waals surface area contributed by atoms with Gasteiger partial charge in [-0.3, -0.25) is 4.99 Å². The molecule has 2 aromatic rings. The van der Waals surface area contributed by atoms with Crippen molar-refractivity contribution >= 4 is 41.3 Å². The Balaban J connectivity index is 0.00000288. The fraction of sp³-hybridized carbons (Fsp3) is 0.389. The highest BCUT2D eigenvalue weighted by Crippen LogP contribution is 2.25. The summed E-state index contributed by atoms with van der Waals surface area (Å²) in [5.41, 5.74) is 2.52. The average Bonchev–Trinajstić information content (AvgIpc) is 2.99. The maximum Gasteiger partial charge on any atom is 0.191 e. The highest BCUT2D eigenvalue weighted by molar-refractivity contribution is 14.0. The van der Waals surface area contributed by atoms with E-state index < -0.39 is 0 Å². The fourth-order valence-corrected chi connectivity index (χ4v) is 3.25. The summed E-state index contributed by atoms with van der Waals surface area (Å²) in [6.45, 7) is 5.91. The van der Waals surface area contributed by atoms with Crippen LogP contribution in [0.4, 0.5) is 0 Å². The minimum atomic E-state index is 0. The van der Waals surface area contributed by atoms with Crippen molar-refractivity contribution in [3.8, 4) is 5.75 Å². The SMILES string of the molecule is CN=C(NCc1sccc1C)NCC(C)c1ccccc1OC.I. The molecule has 24 heavy (non-hydrogen) atoms. The summed E-state index contributed by atoms with van der Waals surface area (Å²) >= 11 is 1.77. The van der Waals surface area contributed by atoms with Crippen molar-refractivity contribution in [2.75, 3.05) is 20.7 Å². The fourth-order valence-electron chi connectivity index (χ4n) is 2.40. The number of nitrogens with one attached hydrogen (secondary N) is 2. The molecule has 6 heteroatoms. The summed E-state index contributed by atoms with van der Waals surface area (Å²) in [7, 11) is 3.51. The molecule has 2 N–H and O–H groups in total. The lowest BCUT2D eigenvalue weighted by atomic mass is 10.0. The predicted octanol–water partition coefficient (Wildman–Crippen LogP) is 4.15. The van der Waals surface area contributed by atoms with E-state index in [1.807, 2.05) is 18.2 Å². The number of methoxy groups -OCH3 is 1. The van der Waals surface area contributed by atoms with E-state index in [9.17, 15) is 0 Å². The van der Waals surface area contributed by atoms with E-state index in [1.54, 1.807) is 25.5 Å². The zero-order valence-electron chi connectivity index (χ0n) is 14.6. The smallest absolute Gasteiger partial charge is 0.191 e. The van der Waals surface area contributed by atoms with Gasteiger partial charge >= 0.3 is 0 Å². The van der Waals surface area contributed by atoms with Crippen LogP contribution in [0.1, 0.15) is 28.8 Å². The molecule has 0 aliphatic rings. The first-order valence-electron chi connectivity index (χ1n) is 7.76. The summed E-state index contributed by atoms with van der Waals surface area (Å²) < 4.78 is 5.44. The molecule has 132 valence electrons. The summed E-state index contributed by atoms with van der Waals surface area (Å²) in [4.78, 5) is 5.63. The standard InChI is InChI=1S/C18H25N3OS.HI/c1-13-9-10-23-17(13)12-21-18(19-3)20-11-14(2)15-7-5-6-8-16(15)22-4;/h5-10,14H,11-12H2,1-4H3,(H2,19,20,21);1H. The highest BCUT2D eigenvalue weighted by atomic mass is 127. The largest absolute Gasteiger partial charge is 0.496 e.